The lowest BCUT2D eigenvalue weighted by molar-refractivity contribution is 0.189. The molecule has 5 aromatic rings. The van der Waals surface area contributed by atoms with Gasteiger partial charge in [-0.15, -0.1) is 0 Å². The van der Waals surface area contributed by atoms with Crippen molar-refractivity contribution in [1.82, 2.24) is 24.1 Å². The second-order valence-electron chi connectivity index (χ2n) is 7.76. The van der Waals surface area contributed by atoms with Gasteiger partial charge in [0.15, 0.2) is 11.3 Å². The summed E-state index contributed by atoms with van der Waals surface area (Å²) in [7, 11) is 1.65. The Morgan fingerprint density at radius 2 is 1.58 bits per heavy atom. The molecule has 2 aromatic carbocycles. The zero-order valence-corrected chi connectivity index (χ0v) is 17.8. The Balaban J connectivity index is 1.80. The fraction of sp³-hybridized carbons (Fsp3) is 0.250. The Kier molecular flexibility index (Phi) is 4.75. The third-order valence-electron chi connectivity index (χ3n) is 5.62. The van der Waals surface area contributed by atoms with Crippen LogP contribution in [0.4, 0.5) is 0 Å². The third-order valence-corrected chi connectivity index (χ3v) is 5.62. The zero-order chi connectivity index (χ0) is 21.5. The van der Waals surface area contributed by atoms with Crippen molar-refractivity contribution < 1.29 is 4.74 Å². The number of benzene rings is 2. The number of ether oxygens (including phenoxy) is 1. The normalized spacial score (nSPS) is 11.7. The van der Waals surface area contributed by atoms with E-state index in [1.54, 1.807) is 11.7 Å². The lowest BCUT2D eigenvalue weighted by Crippen LogP contribution is -2.24. The van der Waals surface area contributed by atoms with Crippen LogP contribution in [0.5, 0.6) is 0 Å². The lowest BCUT2D eigenvalue weighted by Gasteiger charge is -2.11. The number of methoxy groups -OCH3 is 1. The number of fused-ring (bicyclic) bond motifs is 4. The minimum atomic E-state index is -0.103. The molecule has 0 fully saturated rings. The molecule has 0 amide bonds. The number of aromatic nitrogens is 5. The largest absolute Gasteiger partial charge is 0.383 e. The van der Waals surface area contributed by atoms with Crippen LogP contribution in [0.1, 0.15) is 17.0 Å². The Morgan fingerprint density at radius 1 is 0.871 bits per heavy atom. The van der Waals surface area contributed by atoms with E-state index < -0.39 is 0 Å². The van der Waals surface area contributed by atoms with Gasteiger partial charge in [-0.2, -0.15) is 0 Å². The van der Waals surface area contributed by atoms with E-state index in [9.17, 15) is 4.79 Å². The summed E-state index contributed by atoms with van der Waals surface area (Å²) in [5, 5.41) is 0.502. The average molecular weight is 413 g/mol. The first-order chi connectivity index (χ1) is 15.1. The van der Waals surface area contributed by atoms with E-state index in [4.69, 9.17) is 19.7 Å². The number of para-hydroxylation sites is 2. The van der Waals surface area contributed by atoms with Gasteiger partial charge < -0.3 is 9.30 Å². The molecule has 0 aliphatic carbocycles. The molecule has 3 aromatic heterocycles. The monoisotopic (exact) mass is 413 g/mol. The van der Waals surface area contributed by atoms with Crippen LogP contribution in [0.2, 0.25) is 0 Å². The summed E-state index contributed by atoms with van der Waals surface area (Å²) in [6, 6.07) is 15.9. The lowest BCUT2D eigenvalue weighted by atomic mass is 10.1. The number of nitrogens with zero attached hydrogens (tertiary/aromatic N) is 5. The van der Waals surface area contributed by atoms with Gasteiger partial charge in [-0.3, -0.25) is 9.36 Å². The minimum absolute atomic E-state index is 0.103. The maximum Gasteiger partial charge on any atom is 0.265 e. The highest BCUT2D eigenvalue weighted by Gasteiger charge is 2.21. The van der Waals surface area contributed by atoms with E-state index >= 15 is 0 Å². The van der Waals surface area contributed by atoms with E-state index in [-0.39, 0.29) is 5.56 Å². The van der Waals surface area contributed by atoms with Crippen LogP contribution in [-0.2, 0) is 17.8 Å². The van der Waals surface area contributed by atoms with Gasteiger partial charge in [0.2, 0.25) is 0 Å². The van der Waals surface area contributed by atoms with Crippen molar-refractivity contribution in [2.45, 2.75) is 26.9 Å². The maximum atomic E-state index is 13.7. The molecule has 7 nitrogen and oxygen atoms in total. The summed E-state index contributed by atoms with van der Waals surface area (Å²) in [4.78, 5) is 28.1. The summed E-state index contributed by atoms with van der Waals surface area (Å²) < 4.78 is 8.95. The molecule has 0 bridgehead atoms. The van der Waals surface area contributed by atoms with E-state index in [2.05, 4.69) is 12.1 Å². The van der Waals surface area contributed by atoms with Crippen molar-refractivity contribution in [2.75, 3.05) is 13.7 Å². The molecule has 0 N–H and O–H groups in total. The van der Waals surface area contributed by atoms with Crippen molar-refractivity contribution in [2.24, 2.45) is 0 Å². The standard InChI is InChI=1S/C24H23N5O2/c1-15-8-10-17(11-9-15)14-29-16(2)25-22-20(24(29)30)21-23(28(22)12-13-31-3)27-19-7-5-4-6-18(19)26-21/h4-11H,12-14H2,1-3H3. The Morgan fingerprint density at radius 3 is 2.29 bits per heavy atom. The first-order valence-corrected chi connectivity index (χ1v) is 10.3. The van der Waals surface area contributed by atoms with Crippen LogP contribution >= 0.6 is 0 Å². The molecule has 5 rings (SSSR count). The fourth-order valence-corrected chi connectivity index (χ4v) is 3.95. The van der Waals surface area contributed by atoms with Crippen molar-refractivity contribution in [1.29, 1.82) is 0 Å². The SMILES string of the molecule is COCCn1c2nc3ccccc3nc2c2c(=O)n(Cc3ccc(C)cc3)c(C)nc21. The highest BCUT2D eigenvalue weighted by Crippen LogP contribution is 2.25. The van der Waals surface area contributed by atoms with Crippen LogP contribution in [0, 0.1) is 13.8 Å². The summed E-state index contributed by atoms with van der Waals surface area (Å²) in [5.41, 5.74) is 5.52. The van der Waals surface area contributed by atoms with Crippen LogP contribution < -0.4 is 5.56 Å². The van der Waals surface area contributed by atoms with Gasteiger partial charge in [0.1, 0.15) is 16.7 Å². The van der Waals surface area contributed by atoms with Gasteiger partial charge in [-0.05, 0) is 31.5 Å². The van der Waals surface area contributed by atoms with Crippen LogP contribution in [0.3, 0.4) is 0 Å². The Hall–Kier alpha value is -3.58. The first-order valence-electron chi connectivity index (χ1n) is 10.3. The second kappa shape index (κ2) is 7.59. The number of hydrogen-bond donors (Lipinski definition) is 0. The quantitative estimate of drug-likeness (QED) is 0.440. The fourth-order valence-electron chi connectivity index (χ4n) is 3.95. The zero-order valence-electron chi connectivity index (χ0n) is 17.8. The molecule has 31 heavy (non-hydrogen) atoms. The molecule has 0 spiro atoms. The molecule has 0 unspecified atom stereocenters. The highest BCUT2D eigenvalue weighted by molar-refractivity contribution is 6.04. The van der Waals surface area contributed by atoms with Crippen molar-refractivity contribution >= 4 is 33.2 Å². The van der Waals surface area contributed by atoms with Gasteiger partial charge in [0.05, 0.1) is 24.2 Å². The number of aryl methyl sites for hydroxylation is 2. The predicted octanol–water partition coefficient (Wildman–Crippen LogP) is 3.61. The number of rotatable bonds is 5. The highest BCUT2D eigenvalue weighted by atomic mass is 16.5. The van der Waals surface area contributed by atoms with E-state index in [0.29, 0.717) is 47.7 Å². The maximum absolute atomic E-state index is 13.7. The van der Waals surface area contributed by atoms with Crippen molar-refractivity contribution in [3.63, 3.8) is 0 Å². The second-order valence-corrected chi connectivity index (χ2v) is 7.76. The Labute approximate surface area is 179 Å². The van der Waals surface area contributed by atoms with E-state index in [0.717, 1.165) is 16.6 Å². The van der Waals surface area contributed by atoms with Gasteiger partial charge in [0.25, 0.3) is 5.56 Å². The molecular weight excluding hydrogens is 390 g/mol. The molecule has 3 heterocycles. The van der Waals surface area contributed by atoms with Crippen molar-refractivity contribution in [3.8, 4) is 0 Å². The van der Waals surface area contributed by atoms with Crippen LogP contribution in [0.15, 0.2) is 53.3 Å². The van der Waals surface area contributed by atoms with E-state index in [1.165, 1.54) is 5.56 Å². The van der Waals surface area contributed by atoms with Crippen molar-refractivity contribution in [3.05, 3.63) is 75.8 Å². The van der Waals surface area contributed by atoms with Gasteiger partial charge in [-0.1, -0.05) is 42.0 Å². The van der Waals surface area contributed by atoms with Gasteiger partial charge in [-0.25, -0.2) is 15.0 Å². The molecule has 0 saturated heterocycles. The molecule has 0 aliphatic heterocycles. The first kappa shape index (κ1) is 19.4. The van der Waals surface area contributed by atoms with Crippen LogP contribution in [0.25, 0.3) is 33.2 Å². The van der Waals surface area contributed by atoms with Gasteiger partial charge in [0, 0.05) is 13.7 Å². The topological polar surface area (TPSA) is 74.8 Å². The smallest absolute Gasteiger partial charge is 0.265 e. The summed E-state index contributed by atoms with van der Waals surface area (Å²) >= 11 is 0. The van der Waals surface area contributed by atoms with Crippen LogP contribution in [-0.4, -0.2) is 37.8 Å². The molecule has 156 valence electrons. The molecule has 0 saturated carbocycles. The molecular formula is C24H23N5O2. The number of hydrogen-bond acceptors (Lipinski definition) is 5. The Bertz CT molecular complexity index is 1480. The third kappa shape index (κ3) is 3.27. The molecule has 0 atom stereocenters. The average Bonchev–Trinajstić information content (AvgIpc) is 3.07. The molecule has 7 heteroatoms. The molecule has 0 radical (unpaired) electrons. The minimum Gasteiger partial charge on any atom is -0.383 e. The summed E-state index contributed by atoms with van der Waals surface area (Å²) in [6.45, 7) is 5.40. The molecule has 0 aliphatic rings. The van der Waals surface area contributed by atoms with Gasteiger partial charge >= 0.3 is 0 Å². The predicted molar refractivity (Wildman–Crippen MR) is 121 cm³/mol. The summed E-state index contributed by atoms with van der Waals surface area (Å²) in [6.07, 6.45) is 0. The summed E-state index contributed by atoms with van der Waals surface area (Å²) in [5.74, 6) is 0.657. The van der Waals surface area contributed by atoms with E-state index in [1.807, 2.05) is 54.8 Å².